The second-order valence-electron chi connectivity index (χ2n) is 6.95. The van der Waals surface area contributed by atoms with Crippen molar-refractivity contribution in [1.29, 1.82) is 0 Å². The van der Waals surface area contributed by atoms with Gasteiger partial charge in [-0.25, -0.2) is 9.18 Å². The Morgan fingerprint density at radius 3 is 2.89 bits per heavy atom. The molecule has 0 spiro atoms. The van der Waals surface area contributed by atoms with E-state index in [4.69, 9.17) is 0 Å². The number of carbonyl (C=O) groups is 2. The van der Waals surface area contributed by atoms with Crippen molar-refractivity contribution in [3.05, 3.63) is 53.1 Å². The third kappa shape index (κ3) is 4.42. The molecule has 2 aromatic rings. The third-order valence-electron chi connectivity index (χ3n) is 4.77. The van der Waals surface area contributed by atoms with Crippen LogP contribution in [-0.4, -0.2) is 34.9 Å². The normalized spacial score (nSPS) is 14.1. The van der Waals surface area contributed by atoms with Gasteiger partial charge in [-0.1, -0.05) is 0 Å². The fourth-order valence-electron chi connectivity index (χ4n) is 3.11. The van der Waals surface area contributed by atoms with Gasteiger partial charge in [-0.2, -0.15) is 0 Å². The Bertz CT molecular complexity index is 884. The van der Waals surface area contributed by atoms with Crippen molar-refractivity contribution < 1.29 is 14.0 Å². The van der Waals surface area contributed by atoms with Crippen LogP contribution in [0.4, 0.5) is 20.6 Å². The molecule has 1 aromatic heterocycles. The number of rotatable bonds is 4. The smallest absolute Gasteiger partial charge is 0.321 e. The summed E-state index contributed by atoms with van der Waals surface area (Å²) in [5.74, 6) is -0.586. The molecule has 6 nitrogen and oxygen atoms in total. The molecule has 1 aliphatic rings. The summed E-state index contributed by atoms with van der Waals surface area (Å²) in [5.41, 5.74) is 3.45. The van der Waals surface area contributed by atoms with Crippen LogP contribution in [0.3, 0.4) is 0 Å². The lowest BCUT2D eigenvalue weighted by Gasteiger charge is -2.27. The highest BCUT2D eigenvalue weighted by molar-refractivity contribution is 6.01. The van der Waals surface area contributed by atoms with Crippen LogP contribution < -0.4 is 10.6 Å². The predicted molar refractivity (Wildman–Crippen MR) is 102 cm³/mol. The number of hydrogen-bond donors (Lipinski definition) is 2. The van der Waals surface area contributed by atoms with Crippen molar-refractivity contribution in [3.63, 3.8) is 0 Å². The number of aryl methyl sites for hydroxylation is 2. The Hall–Kier alpha value is -2.96. The number of pyridine rings is 1. The zero-order valence-electron chi connectivity index (χ0n) is 15.7. The molecule has 2 N–H and O–H groups in total. The number of nitrogens with zero attached hydrogens (tertiary/aromatic N) is 2. The van der Waals surface area contributed by atoms with Crippen LogP contribution in [0, 0.1) is 12.7 Å². The highest BCUT2D eigenvalue weighted by Crippen LogP contribution is 2.32. The lowest BCUT2D eigenvalue weighted by Crippen LogP contribution is -2.39. The van der Waals surface area contributed by atoms with Crippen LogP contribution >= 0.6 is 0 Å². The van der Waals surface area contributed by atoms with Crippen molar-refractivity contribution in [2.24, 2.45) is 0 Å². The molecule has 3 rings (SSSR count). The van der Waals surface area contributed by atoms with Gasteiger partial charge in [0.05, 0.1) is 11.4 Å². The van der Waals surface area contributed by atoms with Crippen LogP contribution in [0.1, 0.15) is 30.2 Å². The minimum atomic E-state index is -0.445. The van der Waals surface area contributed by atoms with Crippen LogP contribution in [0.25, 0.3) is 0 Å². The summed E-state index contributed by atoms with van der Waals surface area (Å²) in [6.07, 6.45) is 3.11. The molecule has 7 heteroatoms. The number of hydrogen-bond acceptors (Lipinski definition) is 3. The average Bonchev–Trinajstić information content (AvgIpc) is 2.61. The van der Waals surface area contributed by atoms with Gasteiger partial charge in [0.1, 0.15) is 5.82 Å². The minimum Gasteiger partial charge on any atom is -0.324 e. The lowest BCUT2D eigenvalue weighted by molar-refractivity contribution is -0.116. The van der Waals surface area contributed by atoms with Crippen LogP contribution in [0.2, 0.25) is 0 Å². The highest BCUT2D eigenvalue weighted by atomic mass is 19.1. The van der Waals surface area contributed by atoms with E-state index in [2.05, 4.69) is 15.6 Å². The molecule has 0 aliphatic carbocycles. The number of nitrogens with one attached hydrogen (secondary N) is 2. The molecule has 0 fully saturated rings. The van der Waals surface area contributed by atoms with E-state index in [0.717, 1.165) is 11.3 Å². The first-order chi connectivity index (χ1) is 12.8. The van der Waals surface area contributed by atoms with E-state index >= 15 is 0 Å². The zero-order valence-corrected chi connectivity index (χ0v) is 15.7. The van der Waals surface area contributed by atoms with E-state index in [1.807, 2.05) is 26.0 Å². The van der Waals surface area contributed by atoms with Crippen molar-refractivity contribution in [2.45, 2.75) is 39.2 Å². The molecular weight excluding hydrogens is 347 g/mol. The van der Waals surface area contributed by atoms with Gasteiger partial charge in [-0.15, -0.1) is 0 Å². The zero-order chi connectivity index (χ0) is 19.6. The number of likely N-dealkylation sites (N-methyl/N-ethyl adjacent to an activating group) is 1. The lowest BCUT2D eigenvalue weighted by atomic mass is 10.0. The van der Waals surface area contributed by atoms with Crippen molar-refractivity contribution >= 4 is 23.3 Å². The van der Waals surface area contributed by atoms with Crippen LogP contribution in [0.5, 0.6) is 0 Å². The average molecular weight is 370 g/mol. The first-order valence-corrected chi connectivity index (χ1v) is 8.91. The predicted octanol–water partition coefficient (Wildman–Crippen LogP) is 3.51. The Labute approximate surface area is 157 Å². The fourth-order valence-corrected chi connectivity index (χ4v) is 3.11. The molecule has 0 bridgehead atoms. The maximum Gasteiger partial charge on any atom is 0.321 e. The summed E-state index contributed by atoms with van der Waals surface area (Å²) in [6, 6.07) is 6.04. The maximum absolute atomic E-state index is 13.9. The Morgan fingerprint density at radius 2 is 2.15 bits per heavy atom. The van der Waals surface area contributed by atoms with Gasteiger partial charge in [-0.3, -0.25) is 9.78 Å². The number of aromatic nitrogens is 1. The van der Waals surface area contributed by atoms with Crippen molar-refractivity contribution in [1.82, 2.24) is 9.88 Å². The van der Waals surface area contributed by atoms with E-state index in [-0.39, 0.29) is 23.7 Å². The molecule has 0 saturated carbocycles. The van der Waals surface area contributed by atoms with E-state index < -0.39 is 5.82 Å². The standard InChI is InChI=1S/C20H23FN4O2/c1-12-6-7-22-16(8-12)9-13(2)25(3)20(27)23-17-11-15(21)10-14-4-5-18(26)24-19(14)17/h6-8,10-11,13H,4-5,9H2,1-3H3,(H,23,27)(H,24,26)/t13-/m0/s1. The van der Waals surface area contributed by atoms with Crippen molar-refractivity contribution in [3.8, 4) is 0 Å². The number of carbonyl (C=O) groups excluding carboxylic acids is 2. The third-order valence-corrected chi connectivity index (χ3v) is 4.77. The van der Waals surface area contributed by atoms with Gasteiger partial charge in [0.15, 0.2) is 0 Å². The molecule has 0 saturated heterocycles. The van der Waals surface area contributed by atoms with Crippen LogP contribution in [0.15, 0.2) is 30.5 Å². The summed E-state index contributed by atoms with van der Waals surface area (Å²) >= 11 is 0. The molecule has 1 atom stereocenters. The second kappa shape index (κ2) is 7.73. The van der Waals surface area contributed by atoms with Gasteiger partial charge in [-0.05, 0) is 55.7 Å². The monoisotopic (exact) mass is 370 g/mol. The Kier molecular flexibility index (Phi) is 5.39. The van der Waals surface area contributed by atoms with Crippen LogP contribution in [-0.2, 0) is 17.6 Å². The second-order valence-corrected chi connectivity index (χ2v) is 6.95. The highest BCUT2D eigenvalue weighted by Gasteiger charge is 2.23. The number of urea groups is 1. The molecule has 0 unspecified atom stereocenters. The molecule has 1 aromatic carbocycles. The number of anilines is 2. The SMILES string of the molecule is Cc1ccnc(C[C@H](C)N(C)C(=O)Nc2cc(F)cc3c2NC(=O)CC3)c1. The largest absolute Gasteiger partial charge is 0.324 e. The maximum atomic E-state index is 13.9. The fraction of sp³-hybridized carbons (Fsp3) is 0.350. The minimum absolute atomic E-state index is 0.113. The van der Waals surface area contributed by atoms with Gasteiger partial charge in [0.2, 0.25) is 5.91 Å². The van der Waals surface area contributed by atoms with Gasteiger partial charge in [0, 0.05) is 37.8 Å². The molecule has 27 heavy (non-hydrogen) atoms. The Morgan fingerprint density at radius 1 is 1.37 bits per heavy atom. The molecule has 0 radical (unpaired) electrons. The van der Waals surface area contributed by atoms with Gasteiger partial charge in [0.25, 0.3) is 0 Å². The van der Waals surface area contributed by atoms with E-state index in [1.54, 1.807) is 18.1 Å². The summed E-state index contributed by atoms with van der Waals surface area (Å²) in [7, 11) is 1.68. The molecule has 3 amide bonds. The molecular formula is C20H23FN4O2. The topological polar surface area (TPSA) is 74.3 Å². The summed E-state index contributed by atoms with van der Waals surface area (Å²) in [4.78, 5) is 30.2. The van der Waals surface area contributed by atoms with Gasteiger partial charge < -0.3 is 15.5 Å². The number of fused-ring (bicyclic) bond motifs is 1. The van der Waals surface area contributed by atoms with E-state index in [9.17, 15) is 14.0 Å². The molecule has 1 aliphatic heterocycles. The van der Waals surface area contributed by atoms with Crippen molar-refractivity contribution in [2.75, 3.05) is 17.7 Å². The first-order valence-electron chi connectivity index (χ1n) is 8.91. The number of amides is 3. The molecule has 142 valence electrons. The molecule has 2 heterocycles. The summed E-state index contributed by atoms with van der Waals surface area (Å²) < 4.78 is 13.9. The summed E-state index contributed by atoms with van der Waals surface area (Å²) in [6.45, 7) is 3.92. The number of halogens is 1. The van der Waals surface area contributed by atoms with E-state index in [1.165, 1.54) is 12.1 Å². The quantitative estimate of drug-likeness (QED) is 0.865. The Balaban J connectivity index is 1.73. The van der Waals surface area contributed by atoms with E-state index in [0.29, 0.717) is 30.5 Å². The first kappa shape index (κ1) is 18.8. The summed E-state index contributed by atoms with van der Waals surface area (Å²) in [5, 5.41) is 5.45. The number of benzene rings is 1. The van der Waals surface area contributed by atoms with Gasteiger partial charge >= 0.3 is 6.03 Å².